The molecule has 1 unspecified atom stereocenters. The van der Waals surface area contributed by atoms with Gasteiger partial charge in [0.25, 0.3) is 0 Å². The first kappa shape index (κ1) is 9.50. The molecule has 1 atom stereocenters. The molecule has 0 bridgehead atoms. The molecule has 1 aromatic rings. The molecule has 1 heterocycles. The number of benzene rings is 1. The van der Waals surface area contributed by atoms with Gasteiger partial charge in [0.2, 0.25) is 0 Å². The van der Waals surface area contributed by atoms with Crippen LogP contribution in [0.15, 0.2) is 24.3 Å². The van der Waals surface area contributed by atoms with E-state index >= 15 is 0 Å². The van der Waals surface area contributed by atoms with Crippen LogP contribution in [0.5, 0.6) is 11.5 Å². The number of hydrogen-bond acceptors (Lipinski definition) is 3. The normalized spacial score (nSPS) is 19.9. The molecular weight excluding hydrogens is 199 g/mol. The zero-order valence-electron chi connectivity index (χ0n) is 8.02. The van der Waals surface area contributed by atoms with Crippen molar-refractivity contribution < 1.29 is 13.9 Å². The van der Waals surface area contributed by atoms with E-state index in [4.69, 9.17) is 13.9 Å². The Morgan fingerprint density at radius 3 is 2.79 bits per heavy atom. The Hall–Kier alpha value is -1.05. The fourth-order valence-corrected chi connectivity index (χ4v) is 1.92. The SMILES string of the molecule is C/C=C(\C)c1ccc2c(c1)OP(O)O2. The van der Waals surface area contributed by atoms with Gasteiger partial charge in [0, 0.05) is 0 Å². The fraction of sp³-hybridized carbons (Fsp3) is 0.200. The maximum atomic E-state index is 9.14. The Labute approximate surface area is 84.0 Å². The Kier molecular flexibility index (Phi) is 2.44. The van der Waals surface area contributed by atoms with Crippen LogP contribution in [0.4, 0.5) is 0 Å². The van der Waals surface area contributed by atoms with Crippen molar-refractivity contribution in [2.75, 3.05) is 0 Å². The Morgan fingerprint density at radius 1 is 1.36 bits per heavy atom. The molecule has 0 amide bonds. The molecule has 1 N–H and O–H groups in total. The smallest absolute Gasteiger partial charge is 0.414 e. The van der Waals surface area contributed by atoms with E-state index in [-0.39, 0.29) is 0 Å². The highest BCUT2D eigenvalue weighted by Gasteiger charge is 2.24. The summed E-state index contributed by atoms with van der Waals surface area (Å²) in [6.45, 7) is 4.01. The summed E-state index contributed by atoms with van der Waals surface area (Å²) in [5.41, 5.74) is 2.26. The third-order valence-electron chi connectivity index (χ3n) is 2.18. The molecule has 1 aliphatic heterocycles. The van der Waals surface area contributed by atoms with Gasteiger partial charge in [-0.3, -0.25) is 0 Å². The van der Waals surface area contributed by atoms with Gasteiger partial charge in [-0.1, -0.05) is 12.1 Å². The summed E-state index contributed by atoms with van der Waals surface area (Å²) >= 11 is 0. The standard InChI is InChI=1S/C10H11O3P/c1-3-7(2)8-4-5-9-10(6-8)13-14(11)12-9/h3-6,11H,1-2H3/b7-3+. The van der Waals surface area contributed by atoms with E-state index in [0.29, 0.717) is 11.5 Å². The van der Waals surface area contributed by atoms with Crippen molar-refractivity contribution in [2.24, 2.45) is 0 Å². The maximum absolute atomic E-state index is 9.14. The lowest BCUT2D eigenvalue weighted by atomic mass is 10.1. The number of rotatable bonds is 1. The van der Waals surface area contributed by atoms with Crippen LogP contribution in [0.1, 0.15) is 19.4 Å². The zero-order valence-corrected chi connectivity index (χ0v) is 8.91. The predicted octanol–water partition coefficient (Wildman–Crippen LogP) is 3.10. The van der Waals surface area contributed by atoms with Gasteiger partial charge in [-0.15, -0.1) is 0 Å². The van der Waals surface area contributed by atoms with Crippen molar-refractivity contribution in [2.45, 2.75) is 13.8 Å². The summed E-state index contributed by atoms with van der Waals surface area (Å²) < 4.78 is 10.2. The lowest BCUT2D eigenvalue weighted by molar-refractivity contribution is 0.429. The van der Waals surface area contributed by atoms with E-state index in [1.165, 1.54) is 5.57 Å². The first-order valence-electron chi connectivity index (χ1n) is 4.33. The summed E-state index contributed by atoms with van der Waals surface area (Å²) in [5.74, 6) is 1.24. The van der Waals surface area contributed by atoms with Crippen LogP contribution in [0.3, 0.4) is 0 Å². The minimum Gasteiger partial charge on any atom is -0.414 e. The van der Waals surface area contributed by atoms with Crippen LogP contribution >= 0.6 is 8.60 Å². The lowest BCUT2D eigenvalue weighted by Crippen LogP contribution is -1.80. The number of hydrogen-bond donors (Lipinski definition) is 1. The highest BCUT2D eigenvalue weighted by molar-refractivity contribution is 7.41. The molecule has 0 fully saturated rings. The fourth-order valence-electron chi connectivity index (χ4n) is 1.25. The Morgan fingerprint density at radius 2 is 2.07 bits per heavy atom. The lowest BCUT2D eigenvalue weighted by Gasteiger charge is -2.01. The third kappa shape index (κ3) is 1.61. The summed E-state index contributed by atoms with van der Waals surface area (Å²) in [5, 5.41) is 0. The van der Waals surface area contributed by atoms with E-state index in [9.17, 15) is 0 Å². The van der Waals surface area contributed by atoms with Crippen molar-refractivity contribution in [3.8, 4) is 11.5 Å². The van der Waals surface area contributed by atoms with Crippen molar-refractivity contribution in [1.82, 2.24) is 0 Å². The molecular formula is C10H11O3P. The molecule has 1 aromatic carbocycles. The van der Waals surface area contributed by atoms with Crippen molar-refractivity contribution in [3.63, 3.8) is 0 Å². The Bertz CT molecular complexity index is 387. The first-order chi connectivity index (χ1) is 6.70. The quantitative estimate of drug-likeness (QED) is 0.724. The van der Waals surface area contributed by atoms with E-state index in [1.54, 1.807) is 0 Å². The molecule has 0 aromatic heterocycles. The molecule has 0 radical (unpaired) electrons. The minimum absolute atomic E-state index is 0.617. The molecule has 2 rings (SSSR count). The second kappa shape index (κ2) is 3.60. The van der Waals surface area contributed by atoms with Crippen LogP contribution in [0, 0.1) is 0 Å². The van der Waals surface area contributed by atoms with E-state index in [0.717, 1.165) is 5.56 Å². The largest absolute Gasteiger partial charge is 0.460 e. The molecule has 3 nitrogen and oxygen atoms in total. The second-order valence-electron chi connectivity index (χ2n) is 3.05. The van der Waals surface area contributed by atoms with Gasteiger partial charge in [-0.05, 0) is 37.1 Å². The van der Waals surface area contributed by atoms with Gasteiger partial charge in [0.1, 0.15) is 0 Å². The summed E-state index contributed by atoms with van der Waals surface area (Å²) in [4.78, 5) is 9.14. The minimum atomic E-state index is -1.75. The number of allylic oxidation sites excluding steroid dienone is 2. The van der Waals surface area contributed by atoms with E-state index in [1.807, 2.05) is 38.1 Å². The van der Waals surface area contributed by atoms with Gasteiger partial charge in [0.15, 0.2) is 11.5 Å². The average molecular weight is 210 g/mol. The topological polar surface area (TPSA) is 38.7 Å². The van der Waals surface area contributed by atoms with Crippen molar-refractivity contribution >= 4 is 14.2 Å². The van der Waals surface area contributed by atoms with Crippen molar-refractivity contribution in [1.29, 1.82) is 0 Å². The van der Waals surface area contributed by atoms with Crippen LogP contribution in [-0.2, 0) is 0 Å². The highest BCUT2D eigenvalue weighted by Crippen LogP contribution is 2.50. The monoisotopic (exact) mass is 210 g/mol. The van der Waals surface area contributed by atoms with Crippen molar-refractivity contribution in [3.05, 3.63) is 29.8 Å². The third-order valence-corrected chi connectivity index (χ3v) is 2.89. The van der Waals surface area contributed by atoms with Gasteiger partial charge < -0.3 is 13.9 Å². The second-order valence-corrected chi connectivity index (χ2v) is 3.89. The predicted molar refractivity (Wildman–Crippen MR) is 56.2 cm³/mol. The Balaban J connectivity index is 2.38. The average Bonchev–Trinajstić information content (AvgIpc) is 2.55. The summed E-state index contributed by atoms with van der Waals surface area (Å²) in [7, 11) is -1.75. The summed E-state index contributed by atoms with van der Waals surface area (Å²) in [6.07, 6.45) is 2.03. The molecule has 0 spiro atoms. The highest BCUT2D eigenvalue weighted by atomic mass is 31.2. The van der Waals surface area contributed by atoms with Gasteiger partial charge in [-0.2, -0.15) is 0 Å². The molecule has 14 heavy (non-hydrogen) atoms. The van der Waals surface area contributed by atoms with Gasteiger partial charge >= 0.3 is 8.60 Å². The molecule has 4 heteroatoms. The zero-order chi connectivity index (χ0) is 10.1. The van der Waals surface area contributed by atoms with E-state index < -0.39 is 8.60 Å². The molecule has 1 aliphatic rings. The number of fused-ring (bicyclic) bond motifs is 1. The van der Waals surface area contributed by atoms with Crippen LogP contribution in [0.2, 0.25) is 0 Å². The van der Waals surface area contributed by atoms with Gasteiger partial charge in [-0.25, -0.2) is 0 Å². The maximum Gasteiger partial charge on any atom is 0.460 e. The van der Waals surface area contributed by atoms with Crippen LogP contribution < -0.4 is 9.05 Å². The summed E-state index contributed by atoms with van der Waals surface area (Å²) in [6, 6.07) is 5.64. The first-order valence-corrected chi connectivity index (χ1v) is 5.46. The van der Waals surface area contributed by atoms with Crippen LogP contribution in [-0.4, -0.2) is 4.89 Å². The molecule has 0 aliphatic carbocycles. The van der Waals surface area contributed by atoms with Crippen LogP contribution in [0.25, 0.3) is 5.57 Å². The van der Waals surface area contributed by atoms with Gasteiger partial charge in [0.05, 0.1) is 0 Å². The molecule has 74 valence electrons. The van der Waals surface area contributed by atoms with E-state index in [2.05, 4.69) is 0 Å². The molecule has 0 saturated carbocycles. The molecule has 0 saturated heterocycles.